The van der Waals surface area contributed by atoms with E-state index >= 15 is 0 Å². The third kappa shape index (κ3) is 3.13. The summed E-state index contributed by atoms with van der Waals surface area (Å²) in [5.74, 6) is 5.29. The molecular formula is C13H13BrFN3. The maximum absolute atomic E-state index is 13.3. The number of nitrogens with one attached hydrogen (secondary N) is 1. The van der Waals surface area contributed by atoms with E-state index in [1.165, 1.54) is 12.1 Å². The largest absolute Gasteiger partial charge is 0.271 e. The van der Waals surface area contributed by atoms with Crippen LogP contribution in [0.25, 0.3) is 0 Å². The lowest BCUT2D eigenvalue weighted by molar-refractivity contribution is 0.542. The molecule has 5 heteroatoms. The maximum Gasteiger partial charge on any atom is 0.123 e. The summed E-state index contributed by atoms with van der Waals surface area (Å²) in [4.78, 5) is 3.96. The molecule has 0 saturated heterocycles. The Morgan fingerprint density at radius 2 is 2.00 bits per heavy atom. The molecule has 94 valence electrons. The molecule has 0 radical (unpaired) electrons. The Balaban J connectivity index is 2.26. The normalized spacial score (nSPS) is 12.4. The second-order valence-corrected chi connectivity index (χ2v) is 4.80. The van der Waals surface area contributed by atoms with Crippen LogP contribution in [0.5, 0.6) is 0 Å². The predicted molar refractivity (Wildman–Crippen MR) is 72.1 cm³/mol. The molecule has 0 aliphatic rings. The van der Waals surface area contributed by atoms with Gasteiger partial charge in [-0.15, -0.1) is 0 Å². The summed E-state index contributed by atoms with van der Waals surface area (Å²) < 4.78 is 14.1. The fourth-order valence-electron chi connectivity index (χ4n) is 1.79. The monoisotopic (exact) mass is 309 g/mol. The van der Waals surface area contributed by atoms with Gasteiger partial charge in [-0.25, -0.2) is 4.39 Å². The van der Waals surface area contributed by atoms with Gasteiger partial charge in [0.2, 0.25) is 0 Å². The van der Waals surface area contributed by atoms with Crippen LogP contribution in [0.1, 0.15) is 17.2 Å². The lowest BCUT2D eigenvalue weighted by Crippen LogP contribution is -2.30. The first kappa shape index (κ1) is 13.1. The lowest BCUT2D eigenvalue weighted by Gasteiger charge is -2.18. The average Bonchev–Trinajstić information content (AvgIpc) is 2.40. The molecule has 0 fully saturated rings. The van der Waals surface area contributed by atoms with Crippen LogP contribution in [-0.4, -0.2) is 4.98 Å². The smallest absolute Gasteiger partial charge is 0.123 e. The molecule has 18 heavy (non-hydrogen) atoms. The van der Waals surface area contributed by atoms with Crippen molar-refractivity contribution >= 4 is 15.9 Å². The van der Waals surface area contributed by atoms with Gasteiger partial charge in [-0.3, -0.25) is 16.3 Å². The van der Waals surface area contributed by atoms with Gasteiger partial charge in [0, 0.05) is 16.9 Å². The SMILES string of the molecule is NNC(Cc1ccncc1)c1cc(F)ccc1Br. The first-order valence-corrected chi connectivity index (χ1v) is 6.30. The van der Waals surface area contributed by atoms with Gasteiger partial charge in [0.25, 0.3) is 0 Å². The van der Waals surface area contributed by atoms with Crippen LogP contribution in [-0.2, 0) is 6.42 Å². The van der Waals surface area contributed by atoms with E-state index in [-0.39, 0.29) is 11.9 Å². The van der Waals surface area contributed by atoms with Crippen LogP contribution < -0.4 is 11.3 Å². The number of halogens is 2. The molecule has 0 bridgehead atoms. The van der Waals surface area contributed by atoms with Crippen molar-refractivity contribution in [3.63, 3.8) is 0 Å². The maximum atomic E-state index is 13.3. The van der Waals surface area contributed by atoms with E-state index in [2.05, 4.69) is 26.3 Å². The van der Waals surface area contributed by atoms with E-state index < -0.39 is 0 Å². The first-order valence-electron chi connectivity index (χ1n) is 5.50. The minimum Gasteiger partial charge on any atom is -0.271 e. The van der Waals surface area contributed by atoms with Crippen molar-refractivity contribution in [2.24, 2.45) is 5.84 Å². The molecule has 2 aromatic rings. The highest BCUT2D eigenvalue weighted by atomic mass is 79.9. The van der Waals surface area contributed by atoms with E-state index in [9.17, 15) is 4.39 Å². The highest BCUT2D eigenvalue weighted by molar-refractivity contribution is 9.10. The molecule has 0 spiro atoms. The van der Waals surface area contributed by atoms with Crippen molar-refractivity contribution in [1.29, 1.82) is 0 Å². The molecule has 0 aliphatic carbocycles. The Kier molecular flexibility index (Phi) is 4.41. The number of hydrazine groups is 1. The Hall–Kier alpha value is -1.30. The molecule has 1 aromatic heterocycles. The second kappa shape index (κ2) is 6.04. The topological polar surface area (TPSA) is 50.9 Å². The zero-order valence-corrected chi connectivity index (χ0v) is 11.2. The van der Waals surface area contributed by atoms with Crippen molar-refractivity contribution in [2.45, 2.75) is 12.5 Å². The number of nitrogens with two attached hydrogens (primary N) is 1. The zero-order valence-electron chi connectivity index (χ0n) is 9.61. The van der Waals surface area contributed by atoms with Crippen LogP contribution in [0.3, 0.4) is 0 Å². The third-order valence-corrected chi connectivity index (χ3v) is 3.45. The van der Waals surface area contributed by atoms with Gasteiger partial charge in [-0.05, 0) is 47.9 Å². The zero-order chi connectivity index (χ0) is 13.0. The summed E-state index contributed by atoms with van der Waals surface area (Å²) in [5, 5.41) is 0. The van der Waals surface area contributed by atoms with Crippen molar-refractivity contribution in [1.82, 2.24) is 10.4 Å². The second-order valence-electron chi connectivity index (χ2n) is 3.94. The Morgan fingerprint density at radius 1 is 1.28 bits per heavy atom. The highest BCUT2D eigenvalue weighted by Gasteiger charge is 2.14. The average molecular weight is 310 g/mol. The molecule has 2 rings (SSSR count). The summed E-state index contributed by atoms with van der Waals surface area (Å²) in [5.41, 5.74) is 4.61. The van der Waals surface area contributed by atoms with Gasteiger partial charge in [0.1, 0.15) is 5.82 Å². The molecule has 1 unspecified atom stereocenters. The van der Waals surface area contributed by atoms with Crippen LogP contribution in [0, 0.1) is 5.82 Å². The molecule has 0 saturated carbocycles. The minimum atomic E-state index is -0.275. The summed E-state index contributed by atoms with van der Waals surface area (Å²) in [7, 11) is 0. The van der Waals surface area contributed by atoms with Gasteiger partial charge in [0.05, 0.1) is 6.04 Å². The highest BCUT2D eigenvalue weighted by Crippen LogP contribution is 2.26. The first-order chi connectivity index (χ1) is 8.70. The van der Waals surface area contributed by atoms with Crippen molar-refractivity contribution in [3.8, 4) is 0 Å². The summed E-state index contributed by atoms with van der Waals surface area (Å²) in [6.07, 6.45) is 4.12. The quantitative estimate of drug-likeness (QED) is 0.674. The standard InChI is InChI=1S/C13H13BrFN3/c14-12-2-1-10(15)8-11(12)13(18-16)7-9-3-5-17-6-4-9/h1-6,8,13,18H,7,16H2. The number of pyridine rings is 1. The number of aromatic nitrogens is 1. The Labute approximate surface area is 113 Å². The molecule has 0 amide bonds. The van der Waals surface area contributed by atoms with Gasteiger partial charge in [-0.2, -0.15) is 0 Å². The number of nitrogens with zero attached hydrogens (tertiary/aromatic N) is 1. The fraction of sp³-hybridized carbons (Fsp3) is 0.154. The fourth-order valence-corrected chi connectivity index (χ4v) is 2.32. The molecule has 0 aliphatic heterocycles. The molecule has 1 heterocycles. The Bertz CT molecular complexity index is 519. The number of hydrogen-bond acceptors (Lipinski definition) is 3. The van der Waals surface area contributed by atoms with Gasteiger partial charge < -0.3 is 0 Å². The van der Waals surface area contributed by atoms with Crippen LogP contribution in [0.15, 0.2) is 47.2 Å². The summed E-state index contributed by atoms with van der Waals surface area (Å²) in [6, 6.07) is 8.25. The van der Waals surface area contributed by atoms with Crippen LogP contribution in [0.4, 0.5) is 4.39 Å². The van der Waals surface area contributed by atoms with Crippen LogP contribution in [0.2, 0.25) is 0 Å². The van der Waals surface area contributed by atoms with E-state index in [0.29, 0.717) is 6.42 Å². The van der Waals surface area contributed by atoms with E-state index in [4.69, 9.17) is 5.84 Å². The molecule has 1 aromatic carbocycles. The summed E-state index contributed by atoms with van der Waals surface area (Å²) >= 11 is 3.41. The van der Waals surface area contributed by atoms with Crippen LogP contribution >= 0.6 is 15.9 Å². The number of rotatable bonds is 4. The van der Waals surface area contributed by atoms with E-state index in [1.807, 2.05) is 12.1 Å². The summed E-state index contributed by atoms with van der Waals surface area (Å²) in [6.45, 7) is 0. The molecule has 3 N–H and O–H groups in total. The molecule has 3 nitrogen and oxygen atoms in total. The predicted octanol–water partition coefficient (Wildman–Crippen LogP) is 2.73. The minimum absolute atomic E-state index is 0.155. The van der Waals surface area contributed by atoms with Gasteiger partial charge in [-0.1, -0.05) is 15.9 Å². The van der Waals surface area contributed by atoms with Gasteiger partial charge >= 0.3 is 0 Å². The van der Waals surface area contributed by atoms with Crippen molar-refractivity contribution in [3.05, 3.63) is 64.1 Å². The number of hydrogen-bond donors (Lipinski definition) is 2. The lowest BCUT2D eigenvalue weighted by atomic mass is 10.00. The van der Waals surface area contributed by atoms with E-state index in [1.54, 1.807) is 18.5 Å². The van der Waals surface area contributed by atoms with Gasteiger partial charge in [0.15, 0.2) is 0 Å². The molecular weight excluding hydrogens is 297 g/mol. The van der Waals surface area contributed by atoms with Crippen molar-refractivity contribution in [2.75, 3.05) is 0 Å². The third-order valence-electron chi connectivity index (χ3n) is 2.72. The van der Waals surface area contributed by atoms with E-state index in [0.717, 1.165) is 15.6 Å². The Morgan fingerprint density at radius 3 is 2.67 bits per heavy atom. The number of benzene rings is 1. The molecule has 1 atom stereocenters. The van der Waals surface area contributed by atoms with Crippen molar-refractivity contribution < 1.29 is 4.39 Å².